The fourth-order valence-corrected chi connectivity index (χ4v) is 6.23. The van der Waals surface area contributed by atoms with Crippen LogP contribution in [0.3, 0.4) is 0 Å². The second kappa shape index (κ2) is 13.5. The Labute approximate surface area is 259 Å². The maximum atomic E-state index is 14.2. The molecule has 0 radical (unpaired) electrons. The molecule has 218 valence electrons. The molecule has 0 aromatic heterocycles. The van der Waals surface area contributed by atoms with Crippen LogP contribution in [0.15, 0.2) is 158 Å². The summed E-state index contributed by atoms with van der Waals surface area (Å²) in [7, 11) is -4.16. The van der Waals surface area contributed by atoms with Crippen LogP contribution in [0.25, 0.3) is 33.4 Å². The van der Waals surface area contributed by atoms with E-state index in [-0.39, 0.29) is 0 Å². The first-order chi connectivity index (χ1) is 21.6. The Bertz CT molecular complexity index is 1730. The lowest BCUT2D eigenvalue weighted by molar-refractivity contribution is 0.298. The largest absolute Gasteiger partial charge is 0.647 e. The van der Waals surface area contributed by atoms with Crippen molar-refractivity contribution >= 4 is 7.82 Å². The molecule has 6 aromatic carbocycles. The predicted octanol–water partition coefficient (Wildman–Crippen LogP) is 11.3. The number of rotatable bonds is 11. The van der Waals surface area contributed by atoms with Crippen LogP contribution in [0.2, 0.25) is 0 Å². The molecule has 0 aliphatic carbocycles. The van der Waals surface area contributed by atoms with E-state index in [1.807, 2.05) is 97.1 Å². The van der Waals surface area contributed by atoms with Gasteiger partial charge in [0.05, 0.1) is 0 Å². The van der Waals surface area contributed by atoms with E-state index >= 15 is 0 Å². The maximum Gasteiger partial charge on any atom is 0.647 e. The minimum atomic E-state index is -4.16. The van der Waals surface area contributed by atoms with Gasteiger partial charge in [-0.15, -0.1) is 0 Å². The standard InChI is InChI=1S/C39H33O4P/c1-2-9-30-14-16-33(17-15-30)36-22-28-39(29-23-36)43-44(40,41-37-24-18-34(19-25-37)31-10-5-3-6-11-31)42-38-26-20-35(21-27-38)32-12-7-4-8-13-32/h3-8,10-29H,2,9H2,1H3. The van der Waals surface area contributed by atoms with Gasteiger partial charge in [0, 0.05) is 0 Å². The van der Waals surface area contributed by atoms with Crippen molar-refractivity contribution in [1.29, 1.82) is 0 Å². The Balaban J connectivity index is 1.24. The molecule has 6 aromatic rings. The Morgan fingerprint density at radius 3 is 1.02 bits per heavy atom. The smallest absolute Gasteiger partial charge is 0.386 e. The molecule has 0 aliphatic heterocycles. The summed E-state index contributed by atoms with van der Waals surface area (Å²) >= 11 is 0. The van der Waals surface area contributed by atoms with Crippen LogP contribution in [0, 0.1) is 0 Å². The van der Waals surface area contributed by atoms with E-state index < -0.39 is 7.82 Å². The summed E-state index contributed by atoms with van der Waals surface area (Å²) < 4.78 is 32.2. The molecule has 0 saturated heterocycles. The molecule has 6 rings (SSSR count). The Kier molecular flexibility index (Phi) is 8.91. The van der Waals surface area contributed by atoms with Gasteiger partial charge in [-0.3, -0.25) is 0 Å². The van der Waals surface area contributed by atoms with Crippen LogP contribution >= 0.6 is 7.82 Å². The van der Waals surface area contributed by atoms with Gasteiger partial charge in [0.15, 0.2) is 0 Å². The van der Waals surface area contributed by atoms with E-state index in [1.54, 1.807) is 36.4 Å². The van der Waals surface area contributed by atoms with Crippen LogP contribution in [0.1, 0.15) is 18.9 Å². The molecular formula is C39H33O4P. The van der Waals surface area contributed by atoms with Crippen molar-refractivity contribution in [2.45, 2.75) is 19.8 Å². The van der Waals surface area contributed by atoms with E-state index in [1.165, 1.54) is 5.56 Å². The molecule has 4 nitrogen and oxygen atoms in total. The molecule has 5 heteroatoms. The fourth-order valence-electron chi connectivity index (χ4n) is 4.98. The molecule has 0 atom stereocenters. The number of phosphoric acid groups is 1. The average Bonchev–Trinajstić information content (AvgIpc) is 3.07. The van der Waals surface area contributed by atoms with Gasteiger partial charge in [-0.25, -0.2) is 0 Å². The second-order valence-corrected chi connectivity index (χ2v) is 11.9. The van der Waals surface area contributed by atoms with Gasteiger partial charge < -0.3 is 13.6 Å². The van der Waals surface area contributed by atoms with Gasteiger partial charge in [0.1, 0.15) is 17.2 Å². The zero-order chi connectivity index (χ0) is 30.2. The minimum absolute atomic E-state index is 0.373. The van der Waals surface area contributed by atoms with E-state index in [0.29, 0.717) is 17.2 Å². The van der Waals surface area contributed by atoms with Crippen molar-refractivity contribution < 1.29 is 18.1 Å². The third kappa shape index (κ3) is 7.29. The van der Waals surface area contributed by atoms with Crippen LogP contribution < -0.4 is 13.6 Å². The van der Waals surface area contributed by atoms with Crippen LogP contribution in [-0.2, 0) is 11.0 Å². The van der Waals surface area contributed by atoms with E-state index in [0.717, 1.165) is 46.2 Å². The molecule has 0 N–H and O–H groups in total. The number of benzene rings is 6. The van der Waals surface area contributed by atoms with Gasteiger partial charge in [-0.1, -0.05) is 135 Å². The van der Waals surface area contributed by atoms with Crippen LogP contribution in [0.4, 0.5) is 0 Å². The summed E-state index contributed by atoms with van der Waals surface area (Å²) in [5.41, 5.74) is 7.64. The molecule has 0 unspecified atom stereocenters. The summed E-state index contributed by atoms with van der Waals surface area (Å²) in [6, 6.07) is 50.8. The Morgan fingerprint density at radius 2 is 0.705 bits per heavy atom. The predicted molar refractivity (Wildman–Crippen MR) is 179 cm³/mol. The molecule has 0 heterocycles. The van der Waals surface area contributed by atoms with Gasteiger partial charge in [0.2, 0.25) is 0 Å². The summed E-state index contributed by atoms with van der Waals surface area (Å²) in [4.78, 5) is 0. The Hall–Kier alpha value is -5.05. The lowest BCUT2D eigenvalue weighted by Crippen LogP contribution is -2.07. The van der Waals surface area contributed by atoms with Gasteiger partial charge >= 0.3 is 7.82 Å². The fraction of sp³-hybridized carbons (Fsp3) is 0.0769. The van der Waals surface area contributed by atoms with Crippen LogP contribution in [0.5, 0.6) is 17.2 Å². The Morgan fingerprint density at radius 1 is 0.409 bits per heavy atom. The second-order valence-electron chi connectivity index (χ2n) is 10.5. The summed E-state index contributed by atoms with van der Waals surface area (Å²) in [5, 5.41) is 0. The van der Waals surface area contributed by atoms with Gasteiger partial charge in [-0.2, -0.15) is 4.57 Å². The molecule has 0 amide bonds. The maximum absolute atomic E-state index is 14.2. The highest BCUT2D eigenvalue weighted by Crippen LogP contribution is 2.50. The first-order valence-corrected chi connectivity index (χ1v) is 16.2. The highest BCUT2D eigenvalue weighted by molar-refractivity contribution is 7.49. The number of phosphoric ester groups is 1. The van der Waals surface area contributed by atoms with Crippen molar-refractivity contribution in [2.75, 3.05) is 0 Å². The lowest BCUT2D eigenvalue weighted by Gasteiger charge is -2.20. The van der Waals surface area contributed by atoms with Gasteiger partial charge in [-0.05, 0) is 81.8 Å². The van der Waals surface area contributed by atoms with Crippen molar-refractivity contribution in [3.05, 3.63) is 163 Å². The highest BCUT2D eigenvalue weighted by Gasteiger charge is 2.33. The van der Waals surface area contributed by atoms with E-state index in [2.05, 4.69) is 31.2 Å². The zero-order valence-corrected chi connectivity index (χ0v) is 25.4. The molecule has 0 fully saturated rings. The first-order valence-electron chi connectivity index (χ1n) is 14.8. The van der Waals surface area contributed by atoms with Gasteiger partial charge in [0.25, 0.3) is 0 Å². The number of hydrogen-bond donors (Lipinski definition) is 0. The zero-order valence-electron chi connectivity index (χ0n) is 24.5. The van der Waals surface area contributed by atoms with Crippen molar-refractivity contribution in [2.24, 2.45) is 0 Å². The number of hydrogen-bond acceptors (Lipinski definition) is 4. The summed E-state index contributed by atoms with van der Waals surface area (Å²) in [6.45, 7) is 2.18. The van der Waals surface area contributed by atoms with E-state index in [9.17, 15) is 4.57 Å². The minimum Gasteiger partial charge on any atom is -0.386 e. The molecule has 0 aliphatic rings. The third-order valence-corrected chi connectivity index (χ3v) is 8.56. The normalized spacial score (nSPS) is 11.1. The quantitative estimate of drug-likeness (QED) is 0.140. The molecule has 44 heavy (non-hydrogen) atoms. The lowest BCUT2D eigenvalue weighted by atomic mass is 10.0. The topological polar surface area (TPSA) is 44.8 Å². The monoisotopic (exact) mass is 596 g/mol. The van der Waals surface area contributed by atoms with E-state index in [4.69, 9.17) is 13.6 Å². The molecule has 0 bridgehead atoms. The summed E-state index contributed by atoms with van der Waals surface area (Å²) in [6.07, 6.45) is 2.18. The van der Waals surface area contributed by atoms with Crippen molar-refractivity contribution in [3.8, 4) is 50.6 Å². The van der Waals surface area contributed by atoms with Crippen LogP contribution in [-0.4, -0.2) is 0 Å². The first kappa shape index (κ1) is 29.0. The highest BCUT2D eigenvalue weighted by atomic mass is 31.2. The SMILES string of the molecule is CCCc1ccc(-c2ccc(OP(=O)(Oc3ccc(-c4ccccc4)cc3)Oc3ccc(-c4ccccc4)cc3)cc2)cc1. The average molecular weight is 597 g/mol. The third-order valence-electron chi connectivity index (χ3n) is 7.25. The molecule has 0 saturated carbocycles. The molecule has 0 spiro atoms. The van der Waals surface area contributed by atoms with Crippen molar-refractivity contribution in [1.82, 2.24) is 0 Å². The number of aryl methyl sites for hydroxylation is 1. The summed E-state index contributed by atoms with van der Waals surface area (Å²) in [5.74, 6) is 1.12. The molecular weight excluding hydrogens is 563 g/mol. The van der Waals surface area contributed by atoms with Crippen molar-refractivity contribution in [3.63, 3.8) is 0 Å².